The summed E-state index contributed by atoms with van der Waals surface area (Å²) >= 11 is 0. The fourth-order valence-electron chi connectivity index (χ4n) is 0.683. The molecule has 0 aliphatic carbocycles. The van der Waals surface area contributed by atoms with Crippen molar-refractivity contribution in [3.05, 3.63) is 0 Å². The summed E-state index contributed by atoms with van der Waals surface area (Å²) in [6.07, 6.45) is -6.60. The van der Waals surface area contributed by atoms with E-state index in [9.17, 15) is 4.79 Å². The van der Waals surface area contributed by atoms with E-state index in [1.54, 1.807) is 0 Å². The van der Waals surface area contributed by atoms with Crippen LogP contribution in [0.3, 0.4) is 0 Å². The highest BCUT2D eigenvalue weighted by atomic mass is 16.6. The van der Waals surface area contributed by atoms with E-state index in [-0.39, 0.29) is 0 Å². The first kappa shape index (κ1) is 13.2. The van der Waals surface area contributed by atoms with Gasteiger partial charge in [0.25, 0.3) is 5.79 Å². The molecule has 8 nitrogen and oxygen atoms in total. The van der Waals surface area contributed by atoms with Crippen LogP contribution in [0.15, 0.2) is 0 Å². The zero-order valence-corrected chi connectivity index (χ0v) is 6.98. The van der Waals surface area contributed by atoms with E-state index in [1.165, 1.54) is 0 Å². The van der Waals surface area contributed by atoms with Crippen LogP contribution < -0.4 is 0 Å². The Morgan fingerprint density at radius 1 is 1.21 bits per heavy atom. The molecule has 0 saturated carbocycles. The molecule has 0 radical (unpaired) electrons. The highest BCUT2D eigenvalue weighted by Crippen LogP contribution is 2.13. The first-order chi connectivity index (χ1) is 6.25. The maximum atomic E-state index is 10.2. The van der Waals surface area contributed by atoms with Gasteiger partial charge in [-0.05, 0) is 0 Å². The predicted molar refractivity (Wildman–Crippen MR) is 39.9 cm³/mol. The minimum absolute atomic E-state index is 0.964. The zero-order valence-electron chi connectivity index (χ0n) is 6.98. The lowest BCUT2D eigenvalue weighted by Gasteiger charge is -2.28. The summed E-state index contributed by atoms with van der Waals surface area (Å²) in [5.74, 6) is -5.77. The van der Waals surface area contributed by atoms with Gasteiger partial charge in [0.2, 0.25) is 0 Å². The first-order valence-corrected chi connectivity index (χ1v) is 3.58. The van der Waals surface area contributed by atoms with Crippen LogP contribution in [0.1, 0.15) is 0 Å². The van der Waals surface area contributed by atoms with Gasteiger partial charge < -0.3 is 35.7 Å². The summed E-state index contributed by atoms with van der Waals surface area (Å²) in [6.45, 7) is -0.964. The van der Waals surface area contributed by atoms with E-state index in [2.05, 4.69) is 0 Å². The number of hydrogen-bond acceptors (Lipinski definition) is 7. The Kier molecular flexibility index (Phi) is 4.39. The Balaban J connectivity index is 4.60. The molecule has 0 saturated heterocycles. The third-order valence-corrected chi connectivity index (χ3v) is 1.63. The maximum Gasteiger partial charge on any atom is 0.367 e. The van der Waals surface area contributed by atoms with Crippen LogP contribution in [0.5, 0.6) is 0 Å². The van der Waals surface area contributed by atoms with Crippen molar-refractivity contribution in [2.24, 2.45) is 0 Å². The van der Waals surface area contributed by atoms with Crippen molar-refractivity contribution in [3.8, 4) is 0 Å². The molecule has 0 unspecified atom stereocenters. The Morgan fingerprint density at radius 2 is 1.64 bits per heavy atom. The highest BCUT2D eigenvalue weighted by Gasteiger charge is 2.47. The third kappa shape index (κ3) is 2.61. The molecule has 0 spiro atoms. The Hall–Kier alpha value is -0.770. The lowest BCUT2D eigenvalue weighted by Crippen LogP contribution is -2.58. The molecule has 7 N–H and O–H groups in total. The van der Waals surface area contributed by atoms with E-state index in [1.807, 2.05) is 0 Å². The summed E-state index contributed by atoms with van der Waals surface area (Å²) in [5, 5.41) is 60.6. The van der Waals surface area contributed by atoms with Crippen LogP contribution in [-0.2, 0) is 4.79 Å². The van der Waals surface area contributed by atoms with Gasteiger partial charge in [-0.25, -0.2) is 4.79 Å². The monoisotopic (exact) mass is 212 g/mol. The molecule has 0 heterocycles. The van der Waals surface area contributed by atoms with Crippen molar-refractivity contribution in [1.82, 2.24) is 0 Å². The van der Waals surface area contributed by atoms with Gasteiger partial charge in [-0.1, -0.05) is 0 Å². The van der Waals surface area contributed by atoms with Crippen molar-refractivity contribution in [2.75, 3.05) is 6.61 Å². The molecular weight excluding hydrogens is 200 g/mol. The molecule has 14 heavy (non-hydrogen) atoms. The van der Waals surface area contributed by atoms with Crippen molar-refractivity contribution in [1.29, 1.82) is 0 Å². The molecule has 0 aromatic rings. The quantitative estimate of drug-likeness (QED) is 0.226. The molecule has 8 heteroatoms. The minimum Gasteiger partial charge on any atom is -0.477 e. The van der Waals surface area contributed by atoms with Gasteiger partial charge in [0, 0.05) is 0 Å². The molecule has 0 fully saturated rings. The molecule has 0 aromatic carbocycles. The van der Waals surface area contributed by atoms with Gasteiger partial charge in [0.05, 0.1) is 6.61 Å². The van der Waals surface area contributed by atoms with Gasteiger partial charge in [-0.3, -0.25) is 0 Å². The van der Waals surface area contributed by atoms with E-state index in [0.29, 0.717) is 0 Å². The average Bonchev–Trinajstić information content (AvgIpc) is 2.13. The Labute approximate surface area is 78.3 Å². The standard InChI is InChI=1S/C6H12O8/c7-1-2(8)3(9)4(10)6(13,14)5(11)12/h2-4,7-10,13-14H,1H2,(H,11,12)/t2-,3-,4+/m1/s1. The molecule has 84 valence electrons. The van der Waals surface area contributed by atoms with Crippen molar-refractivity contribution in [2.45, 2.75) is 24.1 Å². The van der Waals surface area contributed by atoms with Crippen molar-refractivity contribution < 1.29 is 40.5 Å². The topological polar surface area (TPSA) is 159 Å². The van der Waals surface area contributed by atoms with Gasteiger partial charge in [0.15, 0.2) is 0 Å². The predicted octanol–water partition coefficient (Wildman–Crippen LogP) is -4.17. The number of aliphatic carboxylic acids is 1. The molecule has 3 atom stereocenters. The number of carboxylic acids is 1. The van der Waals surface area contributed by atoms with E-state index in [0.717, 1.165) is 0 Å². The minimum atomic E-state index is -3.59. The van der Waals surface area contributed by atoms with E-state index in [4.69, 9.17) is 35.7 Å². The summed E-state index contributed by atoms with van der Waals surface area (Å²) in [5.41, 5.74) is 0. The Morgan fingerprint density at radius 3 is 1.93 bits per heavy atom. The summed E-state index contributed by atoms with van der Waals surface area (Å²) in [4.78, 5) is 10.2. The second-order valence-corrected chi connectivity index (χ2v) is 2.72. The number of aliphatic hydroxyl groups excluding tert-OH is 4. The van der Waals surface area contributed by atoms with Crippen LogP contribution in [0.4, 0.5) is 0 Å². The van der Waals surface area contributed by atoms with Crippen LogP contribution in [-0.4, -0.2) is 72.4 Å². The van der Waals surface area contributed by atoms with Crippen LogP contribution in [0.25, 0.3) is 0 Å². The first-order valence-electron chi connectivity index (χ1n) is 3.58. The molecule has 0 bridgehead atoms. The lowest BCUT2D eigenvalue weighted by molar-refractivity contribution is -0.259. The van der Waals surface area contributed by atoms with Gasteiger partial charge in [-0.15, -0.1) is 0 Å². The summed E-state index contributed by atoms with van der Waals surface area (Å²) in [7, 11) is 0. The van der Waals surface area contributed by atoms with Gasteiger partial charge in [-0.2, -0.15) is 0 Å². The fraction of sp³-hybridized carbons (Fsp3) is 0.833. The number of hydrogen-bond donors (Lipinski definition) is 7. The summed E-state index contributed by atoms with van der Waals surface area (Å²) in [6, 6.07) is 0. The van der Waals surface area contributed by atoms with E-state index >= 15 is 0 Å². The SMILES string of the molecule is O=C(O)C(O)(O)[C@@H](O)[C@H](O)[C@H](O)CO. The largest absolute Gasteiger partial charge is 0.477 e. The number of carboxylic acid groups (broad SMARTS) is 1. The molecule has 0 aliphatic rings. The average molecular weight is 212 g/mol. The molecule has 0 aromatic heterocycles. The van der Waals surface area contributed by atoms with Crippen LogP contribution in [0.2, 0.25) is 0 Å². The van der Waals surface area contributed by atoms with Crippen LogP contribution in [0, 0.1) is 0 Å². The third-order valence-electron chi connectivity index (χ3n) is 1.63. The molecule has 0 amide bonds. The highest BCUT2D eigenvalue weighted by molar-refractivity contribution is 5.75. The lowest BCUT2D eigenvalue weighted by atomic mass is 10.0. The van der Waals surface area contributed by atoms with Crippen LogP contribution >= 0.6 is 0 Å². The maximum absolute atomic E-state index is 10.2. The second-order valence-electron chi connectivity index (χ2n) is 2.72. The van der Waals surface area contributed by atoms with E-state index < -0.39 is 36.7 Å². The molecule has 0 aliphatic heterocycles. The fourth-order valence-corrected chi connectivity index (χ4v) is 0.683. The molecule has 0 rings (SSSR count). The number of aliphatic hydroxyl groups is 6. The zero-order chi connectivity index (χ0) is 11.5. The molecular formula is C6H12O8. The Bertz CT molecular complexity index is 202. The van der Waals surface area contributed by atoms with Gasteiger partial charge >= 0.3 is 5.97 Å². The van der Waals surface area contributed by atoms with Crippen molar-refractivity contribution >= 4 is 5.97 Å². The smallest absolute Gasteiger partial charge is 0.367 e. The normalized spacial score (nSPS) is 18.7. The number of carbonyl (C=O) groups is 1. The van der Waals surface area contributed by atoms with Gasteiger partial charge in [0.1, 0.15) is 18.3 Å². The van der Waals surface area contributed by atoms with Crippen molar-refractivity contribution in [3.63, 3.8) is 0 Å². The summed E-state index contributed by atoms with van der Waals surface area (Å²) < 4.78 is 0. The second kappa shape index (κ2) is 4.64. The number of rotatable bonds is 5.